The maximum atomic E-state index is 15.8. The number of aromatic nitrogens is 1. The molecule has 0 saturated carbocycles. The fourth-order valence-electron chi connectivity index (χ4n) is 6.38. The Morgan fingerprint density at radius 2 is 1.85 bits per heavy atom. The van der Waals surface area contributed by atoms with Crippen LogP contribution < -0.4 is 15.5 Å². The van der Waals surface area contributed by atoms with Gasteiger partial charge in [0.1, 0.15) is 28.2 Å². The number of nitrogens with zero attached hydrogens (tertiary/aromatic N) is 2. The first-order valence-corrected chi connectivity index (χ1v) is 16.8. The lowest BCUT2D eigenvalue weighted by atomic mass is 9.83. The highest BCUT2D eigenvalue weighted by molar-refractivity contribution is 8.06. The first kappa shape index (κ1) is 31.1. The highest BCUT2D eigenvalue weighted by Crippen LogP contribution is 2.55. The van der Waals surface area contributed by atoms with Crippen molar-refractivity contribution >= 4 is 56.4 Å². The smallest absolute Gasteiger partial charge is 0.324 e. The fraction of sp³-hybridized carbons (Fsp3) is 0.222. The molecule has 3 N–H and O–H groups in total. The topological polar surface area (TPSA) is 77.5 Å². The highest BCUT2D eigenvalue weighted by atomic mass is 32.2. The van der Waals surface area contributed by atoms with Crippen molar-refractivity contribution in [2.75, 3.05) is 16.8 Å². The number of nitrogens with one attached hydrogen (secondary N) is 2. The minimum atomic E-state index is -0.645. The number of carbonyl (C=O) groups is 1. The Labute approximate surface area is 278 Å². The van der Waals surface area contributed by atoms with Crippen molar-refractivity contribution in [1.82, 2.24) is 10.3 Å². The minimum Gasteiger partial charge on any atom is -0.506 e. The van der Waals surface area contributed by atoms with Crippen LogP contribution in [0.4, 0.5) is 35.0 Å². The van der Waals surface area contributed by atoms with E-state index in [0.29, 0.717) is 51.1 Å². The number of amides is 2. The highest BCUT2D eigenvalue weighted by Gasteiger charge is 2.42. The zero-order valence-corrected chi connectivity index (χ0v) is 27.5. The molecule has 3 aliphatic rings. The number of aromatic hydroxyl groups is 1. The number of allylic oxidation sites excluding steroid dienone is 7. The molecule has 4 aromatic rings. The predicted octanol–water partition coefficient (Wildman–Crippen LogP) is 10.3. The van der Waals surface area contributed by atoms with E-state index in [-0.39, 0.29) is 17.1 Å². The van der Waals surface area contributed by atoms with Crippen molar-refractivity contribution in [3.63, 3.8) is 0 Å². The fourth-order valence-corrected chi connectivity index (χ4v) is 8.51. The second-order valence-electron chi connectivity index (χ2n) is 12.5. The molecule has 11 heteroatoms. The average molecular weight is 673 g/mol. The number of urea groups is 1. The third kappa shape index (κ3) is 5.82. The number of hydrogen-bond acceptors (Lipinski definition) is 6. The van der Waals surface area contributed by atoms with E-state index in [9.17, 15) is 18.7 Å². The van der Waals surface area contributed by atoms with Crippen LogP contribution >= 0.6 is 23.1 Å². The van der Waals surface area contributed by atoms with Crippen molar-refractivity contribution in [2.24, 2.45) is 0 Å². The van der Waals surface area contributed by atoms with Crippen LogP contribution in [0, 0.1) is 11.6 Å². The van der Waals surface area contributed by atoms with Gasteiger partial charge in [0.2, 0.25) is 0 Å². The van der Waals surface area contributed by atoms with Gasteiger partial charge in [-0.3, -0.25) is 0 Å². The number of halogens is 3. The molecule has 240 valence electrons. The van der Waals surface area contributed by atoms with E-state index in [1.807, 2.05) is 43.9 Å². The second-order valence-corrected chi connectivity index (χ2v) is 14.6. The summed E-state index contributed by atoms with van der Waals surface area (Å²) in [4.78, 5) is 20.9. The molecule has 1 aromatic heterocycles. The molecule has 0 atom stereocenters. The first-order chi connectivity index (χ1) is 22.5. The summed E-state index contributed by atoms with van der Waals surface area (Å²) >= 11 is 2.71. The monoisotopic (exact) mass is 672 g/mol. The minimum absolute atomic E-state index is 0.235. The molecule has 2 aliphatic heterocycles. The molecule has 1 aliphatic carbocycles. The van der Waals surface area contributed by atoms with Crippen LogP contribution in [-0.4, -0.2) is 22.7 Å². The van der Waals surface area contributed by atoms with E-state index < -0.39 is 23.1 Å². The van der Waals surface area contributed by atoms with E-state index in [2.05, 4.69) is 15.6 Å². The number of fused-ring (bicyclic) bond motifs is 2. The Hall–Kier alpha value is -4.48. The van der Waals surface area contributed by atoms with Gasteiger partial charge in [-0.2, -0.15) is 0 Å². The summed E-state index contributed by atoms with van der Waals surface area (Å²) < 4.78 is 44.4. The zero-order chi connectivity index (χ0) is 33.0. The summed E-state index contributed by atoms with van der Waals surface area (Å²) in [6.07, 6.45) is 6.77. The number of thiazole rings is 1. The molecule has 0 fully saturated rings. The standard InChI is InChI=1S/C36H31F3N4O2S2/c1-19-8-9-20-10-11-21(37)12-14-28(20)46-33(19)42-35(45)41-24-6-4-5-7-26(24)43-18-36(2,3)31-30(23(39)17-27(44)32(31)43)34-40-25-16-22(38)13-15-29(25)47-34/h4-7,10-13,15-17,44H,8-9,14,18H2,1-3H3,(H2,41,42,45). The van der Waals surface area contributed by atoms with Crippen molar-refractivity contribution in [2.45, 2.75) is 45.4 Å². The third-order valence-corrected chi connectivity index (χ3v) is 11.0. The number of para-hydroxylation sites is 2. The molecule has 47 heavy (non-hydrogen) atoms. The number of carbonyl (C=O) groups excluding carboxylic acids is 1. The van der Waals surface area contributed by atoms with E-state index in [0.717, 1.165) is 39.7 Å². The number of phenolic OH excluding ortho intramolecular Hbond substituents is 1. The van der Waals surface area contributed by atoms with Crippen LogP contribution in [0.1, 0.15) is 45.6 Å². The largest absolute Gasteiger partial charge is 0.506 e. The van der Waals surface area contributed by atoms with Gasteiger partial charge in [0.05, 0.1) is 37.9 Å². The Balaban J connectivity index is 1.21. The van der Waals surface area contributed by atoms with Gasteiger partial charge in [-0.1, -0.05) is 43.8 Å². The van der Waals surface area contributed by atoms with Crippen LogP contribution in [-0.2, 0) is 5.41 Å². The van der Waals surface area contributed by atoms with E-state index >= 15 is 4.39 Å². The van der Waals surface area contributed by atoms with Gasteiger partial charge < -0.3 is 20.6 Å². The maximum Gasteiger partial charge on any atom is 0.324 e. The van der Waals surface area contributed by atoms with Gasteiger partial charge in [-0.25, -0.2) is 22.9 Å². The van der Waals surface area contributed by atoms with Crippen LogP contribution in [0.3, 0.4) is 0 Å². The molecule has 3 aromatic carbocycles. The van der Waals surface area contributed by atoms with Gasteiger partial charge >= 0.3 is 6.03 Å². The molecule has 0 spiro atoms. The number of phenols is 1. The maximum absolute atomic E-state index is 15.8. The molecular weight excluding hydrogens is 642 g/mol. The van der Waals surface area contributed by atoms with E-state index in [1.54, 1.807) is 24.3 Å². The molecular formula is C36H31F3N4O2S2. The first-order valence-electron chi connectivity index (χ1n) is 15.2. The SMILES string of the molecule is CC1=C(NC(=O)Nc2ccccc2N2CC(C)(C)c3c(-c4nc5cc(F)ccc5s4)c(F)cc(O)c32)SC2=C(C=CC(F)=CC2)CC1. The van der Waals surface area contributed by atoms with Crippen LogP contribution in [0.2, 0.25) is 0 Å². The van der Waals surface area contributed by atoms with E-state index in [4.69, 9.17) is 0 Å². The number of anilines is 3. The van der Waals surface area contributed by atoms with Crippen molar-refractivity contribution in [3.8, 4) is 16.3 Å². The summed E-state index contributed by atoms with van der Waals surface area (Å²) in [7, 11) is 0. The zero-order valence-electron chi connectivity index (χ0n) is 25.9. The summed E-state index contributed by atoms with van der Waals surface area (Å²) in [6, 6.07) is 12.2. The molecule has 0 radical (unpaired) electrons. The Morgan fingerprint density at radius 3 is 2.68 bits per heavy atom. The summed E-state index contributed by atoms with van der Waals surface area (Å²) in [5.41, 5.74) is 4.25. The quantitative estimate of drug-likeness (QED) is 0.201. The van der Waals surface area contributed by atoms with Crippen LogP contribution in [0.5, 0.6) is 5.75 Å². The van der Waals surface area contributed by atoms with Crippen molar-refractivity contribution in [1.29, 1.82) is 0 Å². The molecule has 0 saturated heterocycles. The summed E-state index contributed by atoms with van der Waals surface area (Å²) in [5.74, 6) is -1.55. The second kappa shape index (κ2) is 12.0. The molecule has 2 amide bonds. The van der Waals surface area contributed by atoms with Gasteiger partial charge in [0.25, 0.3) is 0 Å². The number of rotatable bonds is 4. The van der Waals surface area contributed by atoms with Crippen molar-refractivity contribution < 1.29 is 23.1 Å². The van der Waals surface area contributed by atoms with Crippen LogP contribution in [0.15, 0.2) is 93.7 Å². The summed E-state index contributed by atoms with van der Waals surface area (Å²) in [6.45, 7) is 6.29. The number of thioether (sulfide) groups is 1. The summed E-state index contributed by atoms with van der Waals surface area (Å²) in [5, 5.41) is 18.3. The van der Waals surface area contributed by atoms with Crippen molar-refractivity contribution in [3.05, 3.63) is 111 Å². The number of hydrogen-bond donors (Lipinski definition) is 3. The lowest BCUT2D eigenvalue weighted by Gasteiger charge is -2.25. The van der Waals surface area contributed by atoms with Crippen LogP contribution in [0.25, 0.3) is 20.8 Å². The predicted molar refractivity (Wildman–Crippen MR) is 185 cm³/mol. The molecule has 3 heterocycles. The Bertz CT molecular complexity index is 2100. The normalized spacial score (nSPS) is 17.3. The van der Waals surface area contributed by atoms with E-state index in [1.165, 1.54) is 41.3 Å². The molecule has 7 rings (SSSR count). The third-order valence-electron chi connectivity index (χ3n) is 8.63. The Kier molecular flexibility index (Phi) is 7.92. The van der Waals surface area contributed by atoms with Gasteiger partial charge in [-0.15, -0.1) is 11.3 Å². The van der Waals surface area contributed by atoms with Gasteiger partial charge in [-0.05, 0) is 72.2 Å². The average Bonchev–Trinajstić information content (AvgIpc) is 3.44. The molecule has 0 bridgehead atoms. The molecule has 0 unspecified atom stereocenters. The van der Waals surface area contributed by atoms with Gasteiger partial charge in [0.15, 0.2) is 0 Å². The van der Waals surface area contributed by atoms with Gasteiger partial charge in [0, 0.05) is 36.1 Å². The number of benzene rings is 3. The lowest BCUT2D eigenvalue weighted by molar-refractivity contribution is 0.254. The lowest BCUT2D eigenvalue weighted by Crippen LogP contribution is -2.30. The Morgan fingerprint density at radius 1 is 1.04 bits per heavy atom. The molecule has 6 nitrogen and oxygen atoms in total.